The van der Waals surface area contributed by atoms with Crippen molar-refractivity contribution in [2.75, 3.05) is 11.9 Å². The number of imidazole rings is 1. The topological polar surface area (TPSA) is 38.1 Å². The van der Waals surface area contributed by atoms with E-state index in [2.05, 4.69) is 65.9 Å². The molecule has 0 N–H and O–H groups in total. The van der Waals surface area contributed by atoms with Gasteiger partial charge in [0.25, 0.3) is 0 Å². The van der Waals surface area contributed by atoms with Gasteiger partial charge < -0.3 is 14.3 Å². The fourth-order valence-electron chi connectivity index (χ4n) is 5.60. The quantitative estimate of drug-likeness (QED) is 0.515. The van der Waals surface area contributed by atoms with Crippen LogP contribution in [-0.2, 0) is 24.1 Å². The number of anilines is 1. The predicted octanol–water partition coefficient (Wildman–Crippen LogP) is 5.52. The first-order valence-electron chi connectivity index (χ1n) is 11.9. The number of hydrogen-bond donors (Lipinski definition) is 0. The highest BCUT2D eigenvalue weighted by Crippen LogP contribution is 2.39. The maximum absolute atomic E-state index is 11.3. The second-order valence-corrected chi connectivity index (χ2v) is 9.52. The van der Waals surface area contributed by atoms with Crippen molar-refractivity contribution in [2.45, 2.75) is 70.4 Å². The van der Waals surface area contributed by atoms with Crippen molar-refractivity contribution >= 4 is 23.0 Å². The number of carbonyl (C=O) groups excluding carboxylic acids is 1. The summed E-state index contributed by atoms with van der Waals surface area (Å²) >= 11 is 0. The summed E-state index contributed by atoms with van der Waals surface area (Å²) in [4.78, 5) is 19.0. The lowest BCUT2D eigenvalue weighted by Gasteiger charge is -2.34. The van der Waals surface area contributed by atoms with E-state index in [0.29, 0.717) is 12.1 Å². The molecule has 2 heterocycles. The molecule has 0 spiro atoms. The van der Waals surface area contributed by atoms with E-state index in [1.807, 2.05) is 0 Å². The minimum atomic E-state index is 0.238. The average Bonchev–Trinajstić information content (AvgIpc) is 3.19. The number of rotatable bonds is 5. The molecular formula is C27H33N3O. The first-order valence-corrected chi connectivity index (χ1v) is 11.9. The lowest BCUT2D eigenvalue weighted by atomic mass is 9.86. The highest BCUT2D eigenvalue weighted by molar-refractivity contribution is 5.86. The van der Waals surface area contributed by atoms with Crippen molar-refractivity contribution in [1.82, 2.24) is 9.55 Å². The number of hydrogen-bond acceptors (Lipinski definition) is 3. The molecule has 2 aromatic carbocycles. The molecule has 0 bridgehead atoms. The Morgan fingerprint density at radius 2 is 1.77 bits per heavy atom. The van der Waals surface area contributed by atoms with Crippen molar-refractivity contribution in [1.29, 1.82) is 0 Å². The van der Waals surface area contributed by atoms with E-state index in [9.17, 15) is 4.79 Å². The molecule has 31 heavy (non-hydrogen) atoms. The second-order valence-electron chi connectivity index (χ2n) is 9.52. The molecule has 5 rings (SSSR count). The molecule has 1 unspecified atom stereocenters. The Labute approximate surface area is 185 Å². The fraction of sp³-hybridized carbons (Fsp3) is 0.481. The van der Waals surface area contributed by atoms with Crippen LogP contribution in [0.15, 0.2) is 42.5 Å². The van der Waals surface area contributed by atoms with E-state index in [1.54, 1.807) is 0 Å². The Bertz CT molecular complexity index is 1060. The molecule has 1 fully saturated rings. The number of nitrogens with zero attached hydrogens (tertiary/aromatic N) is 3. The maximum Gasteiger partial charge on any atom is 0.123 e. The zero-order valence-corrected chi connectivity index (χ0v) is 18.8. The lowest BCUT2D eigenvalue weighted by molar-refractivity contribution is -0.112. The lowest BCUT2D eigenvalue weighted by Crippen LogP contribution is -2.33. The highest BCUT2D eigenvalue weighted by Gasteiger charge is 2.28. The van der Waals surface area contributed by atoms with Crippen LogP contribution in [0.1, 0.15) is 62.0 Å². The van der Waals surface area contributed by atoms with Gasteiger partial charge in [0.1, 0.15) is 12.1 Å². The Balaban J connectivity index is 1.55. The van der Waals surface area contributed by atoms with Gasteiger partial charge in [-0.25, -0.2) is 4.98 Å². The summed E-state index contributed by atoms with van der Waals surface area (Å²) in [6.07, 6.45) is 9.54. The van der Waals surface area contributed by atoms with E-state index in [4.69, 9.17) is 4.98 Å². The van der Waals surface area contributed by atoms with Crippen LogP contribution < -0.4 is 4.90 Å². The summed E-state index contributed by atoms with van der Waals surface area (Å²) in [6.45, 7) is 2.31. The SMILES string of the molecule is CC1CCc2c(ccc3c2nc(CCc2ccccc2)n3C2CCC(C=O)CC2)N1C. The summed E-state index contributed by atoms with van der Waals surface area (Å²) in [5.74, 6) is 1.45. The fourth-order valence-corrected chi connectivity index (χ4v) is 5.60. The maximum atomic E-state index is 11.3. The number of aromatic nitrogens is 2. The molecule has 4 heteroatoms. The molecule has 162 valence electrons. The molecule has 1 atom stereocenters. The number of benzene rings is 2. The van der Waals surface area contributed by atoms with Crippen LogP contribution in [0, 0.1) is 5.92 Å². The van der Waals surface area contributed by atoms with Crippen molar-refractivity contribution in [3.8, 4) is 0 Å². The number of aryl methyl sites for hydroxylation is 3. The van der Waals surface area contributed by atoms with E-state index >= 15 is 0 Å². The van der Waals surface area contributed by atoms with E-state index in [1.165, 1.54) is 40.1 Å². The van der Waals surface area contributed by atoms with Gasteiger partial charge in [-0.3, -0.25) is 0 Å². The smallest absolute Gasteiger partial charge is 0.123 e. The molecule has 0 saturated heterocycles. The van der Waals surface area contributed by atoms with Gasteiger partial charge in [0.05, 0.1) is 11.0 Å². The molecule has 2 aliphatic rings. The monoisotopic (exact) mass is 415 g/mol. The Kier molecular flexibility index (Phi) is 5.56. The summed E-state index contributed by atoms with van der Waals surface area (Å²) in [5, 5.41) is 0. The first kappa shape index (κ1) is 20.3. The Morgan fingerprint density at radius 3 is 2.52 bits per heavy atom. The molecule has 1 aromatic heterocycles. The third-order valence-electron chi connectivity index (χ3n) is 7.65. The minimum absolute atomic E-state index is 0.238. The van der Waals surface area contributed by atoms with Crippen LogP contribution in [0.4, 0.5) is 5.69 Å². The number of aldehydes is 1. The van der Waals surface area contributed by atoms with Crippen molar-refractivity contribution < 1.29 is 4.79 Å². The van der Waals surface area contributed by atoms with Crippen molar-refractivity contribution in [3.63, 3.8) is 0 Å². The van der Waals surface area contributed by atoms with E-state index in [0.717, 1.165) is 51.2 Å². The van der Waals surface area contributed by atoms with Crippen LogP contribution in [0.5, 0.6) is 0 Å². The minimum Gasteiger partial charge on any atom is -0.372 e. The predicted molar refractivity (Wildman–Crippen MR) is 127 cm³/mol. The van der Waals surface area contributed by atoms with Crippen LogP contribution in [0.25, 0.3) is 11.0 Å². The highest BCUT2D eigenvalue weighted by atomic mass is 16.1. The van der Waals surface area contributed by atoms with Gasteiger partial charge in [-0.05, 0) is 69.6 Å². The molecule has 1 aliphatic heterocycles. The van der Waals surface area contributed by atoms with Gasteiger partial charge in [-0.15, -0.1) is 0 Å². The largest absolute Gasteiger partial charge is 0.372 e. The van der Waals surface area contributed by atoms with Crippen molar-refractivity contribution in [3.05, 3.63) is 59.4 Å². The number of carbonyl (C=O) groups is 1. The van der Waals surface area contributed by atoms with Gasteiger partial charge in [0.2, 0.25) is 0 Å². The zero-order chi connectivity index (χ0) is 21.4. The number of fused-ring (bicyclic) bond motifs is 3. The van der Waals surface area contributed by atoms with Gasteiger partial charge in [0.15, 0.2) is 0 Å². The molecule has 0 amide bonds. The summed E-state index contributed by atoms with van der Waals surface area (Å²) in [7, 11) is 2.21. The third-order valence-corrected chi connectivity index (χ3v) is 7.65. The van der Waals surface area contributed by atoms with Crippen LogP contribution in [-0.4, -0.2) is 28.9 Å². The molecular weight excluding hydrogens is 382 g/mol. The zero-order valence-electron chi connectivity index (χ0n) is 18.8. The van der Waals surface area contributed by atoms with Gasteiger partial charge in [-0.2, -0.15) is 0 Å². The molecule has 0 radical (unpaired) electrons. The standard InChI is InChI=1S/C27H33N3O/c1-19-8-14-23-24(29(19)2)15-16-25-27(23)28-26(17-11-20-6-4-3-5-7-20)30(25)22-12-9-21(18-31)10-13-22/h3-7,15-16,18-19,21-22H,8-14,17H2,1-2H3. The van der Waals surface area contributed by atoms with Crippen molar-refractivity contribution in [2.24, 2.45) is 5.92 Å². The van der Waals surface area contributed by atoms with E-state index in [-0.39, 0.29) is 5.92 Å². The third kappa shape index (κ3) is 3.77. The van der Waals surface area contributed by atoms with Gasteiger partial charge in [0, 0.05) is 42.7 Å². The van der Waals surface area contributed by atoms with Crippen LogP contribution in [0.2, 0.25) is 0 Å². The second kappa shape index (κ2) is 8.49. The van der Waals surface area contributed by atoms with Crippen LogP contribution >= 0.6 is 0 Å². The first-order chi connectivity index (χ1) is 15.2. The average molecular weight is 416 g/mol. The normalized spacial score (nSPS) is 23.7. The summed E-state index contributed by atoms with van der Waals surface area (Å²) < 4.78 is 2.54. The summed E-state index contributed by atoms with van der Waals surface area (Å²) in [5.41, 5.74) is 6.62. The molecule has 1 saturated carbocycles. The Hall–Kier alpha value is -2.62. The van der Waals surface area contributed by atoms with E-state index < -0.39 is 0 Å². The van der Waals surface area contributed by atoms with Crippen LogP contribution in [0.3, 0.4) is 0 Å². The van der Waals surface area contributed by atoms with Gasteiger partial charge >= 0.3 is 0 Å². The van der Waals surface area contributed by atoms with Gasteiger partial charge in [-0.1, -0.05) is 30.3 Å². The molecule has 1 aliphatic carbocycles. The molecule has 3 aromatic rings. The Morgan fingerprint density at radius 1 is 1.00 bits per heavy atom. The molecule has 4 nitrogen and oxygen atoms in total. The summed E-state index contributed by atoms with van der Waals surface area (Å²) in [6, 6.07) is 16.4.